The highest BCUT2D eigenvalue weighted by Gasteiger charge is 2.18. The Balaban J connectivity index is 1.40. The predicted molar refractivity (Wildman–Crippen MR) is 114 cm³/mol. The van der Waals surface area contributed by atoms with E-state index in [-0.39, 0.29) is 30.3 Å². The van der Waals surface area contributed by atoms with Crippen molar-refractivity contribution in [2.75, 3.05) is 5.32 Å². The third-order valence-electron chi connectivity index (χ3n) is 4.38. The molecule has 0 atom stereocenters. The molecule has 0 fully saturated rings. The minimum absolute atomic E-state index is 0.0979. The molecule has 0 aliphatic rings. The molecule has 7 nitrogen and oxygen atoms in total. The molecule has 2 aromatic carbocycles. The molecular weight excluding hydrogens is 419 g/mol. The van der Waals surface area contributed by atoms with Gasteiger partial charge in [0.05, 0.1) is 10.6 Å². The molecule has 0 saturated heterocycles. The van der Waals surface area contributed by atoms with Crippen LogP contribution in [0.4, 0.5) is 9.52 Å². The van der Waals surface area contributed by atoms with Crippen LogP contribution in [0.5, 0.6) is 0 Å². The van der Waals surface area contributed by atoms with E-state index in [0.29, 0.717) is 33.0 Å². The lowest BCUT2D eigenvalue weighted by atomic mass is 10.1. The second-order valence-corrected chi connectivity index (χ2v) is 7.68. The Kier molecular flexibility index (Phi) is 5.94. The number of nitrogens with zero attached hydrogens (tertiary/aromatic N) is 3. The van der Waals surface area contributed by atoms with Crippen LogP contribution in [0.3, 0.4) is 0 Å². The van der Waals surface area contributed by atoms with Gasteiger partial charge in [0, 0.05) is 30.9 Å². The minimum atomic E-state index is -0.352. The van der Waals surface area contributed by atoms with Crippen molar-refractivity contribution >= 4 is 28.2 Å². The second-order valence-electron chi connectivity index (χ2n) is 6.69. The summed E-state index contributed by atoms with van der Waals surface area (Å²) in [6, 6.07) is 15.1. The van der Waals surface area contributed by atoms with Gasteiger partial charge >= 0.3 is 0 Å². The summed E-state index contributed by atoms with van der Waals surface area (Å²) < 4.78 is 18.2. The molecule has 0 radical (unpaired) electrons. The number of hydrogen-bond acceptors (Lipinski definition) is 7. The first kappa shape index (κ1) is 20.5. The lowest BCUT2D eigenvalue weighted by Gasteiger charge is -1.99. The third kappa shape index (κ3) is 4.89. The van der Waals surface area contributed by atoms with E-state index < -0.39 is 0 Å². The van der Waals surface area contributed by atoms with Crippen LogP contribution in [-0.2, 0) is 11.2 Å². The van der Waals surface area contributed by atoms with E-state index >= 15 is 0 Å². The number of benzene rings is 2. The Labute approximate surface area is 181 Å². The summed E-state index contributed by atoms with van der Waals surface area (Å²) in [5, 5.41) is 6.94. The summed E-state index contributed by atoms with van der Waals surface area (Å²) in [4.78, 5) is 33.5. The van der Waals surface area contributed by atoms with E-state index in [1.807, 2.05) is 30.3 Å². The highest BCUT2D eigenvalue weighted by Crippen LogP contribution is 2.31. The zero-order valence-corrected chi connectivity index (χ0v) is 17.3. The van der Waals surface area contributed by atoms with E-state index in [2.05, 4.69) is 20.4 Å². The molecule has 1 amide bonds. The topological polar surface area (TPSA) is 98.0 Å². The number of thiazole rings is 1. The Morgan fingerprint density at radius 3 is 2.48 bits per heavy atom. The van der Waals surface area contributed by atoms with Gasteiger partial charge in [-0.25, -0.2) is 9.37 Å². The predicted octanol–water partition coefficient (Wildman–Crippen LogP) is 4.77. The van der Waals surface area contributed by atoms with E-state index in [1.54, 1.807) is 12.1 Å². The molecule has 0 saturated carbocycles. The van der Waals surface area contributed by atoms with Gasteiger partial charge in [0.25, 0.3) is 0 Å². The van der Waals surface area contributed by atoms with Crippen LogP contribution in [0.1, 0.15) is 28.9 Å². The van der Waals surface area contributed by atoms with Gasteiger partial charge in [0.1, 0.15) is 5.82 Å². The molecular formula is C22H17FN4O3S. The van der Waals surface area contributed by atoms with Crippen LogP contribution in [0.15, 0.2) is 59.1 Å². The van der Waals surface area contributed by atoms with Gasteiger partial charge in [-0.3, -0.25) is 9.59 Å². The summed E-state index contributed by atoms with van der Waals surface area (Å²) in [7, 11) is 0. The molecule has 0 spiro atoms. The fourth-order valence-corrected chi connectivity index (χ4v) is 3.78. The Bertz CT molecular complexity index is 1220. The number of ketones is 1. The van der Waals surface area contributed by atoms with Crippen molar-refractivity contribution in [3.8, 4) is 22.6 Å². The first-order chi connectivity index (χ1) is 15.0. The van der Waals surface area contributed by atoms with Crippen molar-refractivity contribution < 1.29 is 18.5 Å². The number of carbonyl (C=O) groups is 2. The molecule has 4 rings (SSSR count). The number of carbonyl (C=O) groups excluding carboxylic acids is 2. The number of Topliss-reactive ketones (excluding diaryl/α,β-unsaturated/α-hetero) is 1. The number of aromatic nitrogens is 3. The van der Waals surface area contributed by atoms with Crippen LogP contribution in [0.25, 0.3) is 22.6 Å². The zero-order chi connectivity index (χ0) is 21.8. The van der Waals surface area contributed by atoms with Gasteiger partial charge in [0.2, 0.25) is 17.6 Å². The molecule has 9 heteroatoms. The molecule has 1 N–H and O–H groups in total. The summed E-state index contributed by atoms with van der Waals surface area (Å²) in [6.07, 6.45) is 0.331. The molecule has 0 aliphatic carbocycles. The van der Waals surface area contributed by atoms with Crippen LogP contribution in [0, 0.1) is 5.82 Å². The van der Waals surface area contributed by atoms with Gasteiger partial charge in [0.15, 0.2) is 10.9 Å². The van der Waals surface area contributed by atoms with Crippen LogP contribution < -0.4 is 5.32 Å². The lowest BCUT2D eigenvalue weighted by Crippen LogP contribution is -2.12. The maximum Gasteiger partial charge on any atom is 0.227 e. The highest BCUT2D eigenvalue weighted by atomic mass is 32.1. The lowest BCUT2D eigenvalue weighted by molar-refractivity contribution is -0.116. The quantitative estimate of drug-likeness (QED) is 0.419. The summed E-state index contributed by atoms with van der Waals surface area (Å²) in [6.45, 7) is 1.47. The Morgan fingerprint density at radius 2 is 1.77 bits per heavy atom. The number of nitrogens with one attached hydrogen (secondary N) is 1. The highest BCUT2D eigenvalue weighted by molar-refractivity contribution is 7.18. The maximum absolute atomic E-state index is 13.0. The molecule has 4 aromatic rings. The normalized spacial score (nSPS) is 10.8. The summed E-state index contributed by atoms with van der Waals surface area (Å²) >= 11 is 1.14. The Morgan fingerprint density at radius 1 is 1.03 bits per heavy atom. The van der Waals surface area contributed by atoms with Crippen LogP contribution in [-0.4, -0.2) is 26.8 Å². The van der Waals surface area contributed by atoms with E-state index in [0.717, 1.165) is 16.9 Å². The van der Waals surface area contributed by atoms with Gasteiger partial charge in [-0.15, -0.1) is 0 Å². The average Bonchev–Trinajstić information content (AvgIpc) is 3.41. The minimum Gasteiger partial charge on any atom is -0.339 e. The van der Waals surface area contributed by atoms with Crippen molar-refractivity contribution in [3.05, 3.63) is 71.2 Å². The fraction of sp³-hybridized carbons (Fsp3) is 0.136. The largest absolute Gasteiger partial charge is 0.339 e. The molecule has 2 aromatic heterocycles. The van der Waals surface area contributed by atoms with E-state index in [1.165, 1.54) is 19.1 Å². The van der Waals surface area contributed by atoms with Crippen LogP contribution in [0.2, 0.25) is 0 Å². The molecule has 31 heavy (non-hydrogen) atoms. The fourth-order valence-electron chi connectivity index (χ4n) is 2.88. The van der Waals surface area contributed by atoms with Gasteiger partial charge in [-0.05, 0) is 24.3 Å². The molecule has 0 aliphatic heterocycles. The SMILES string of the molecule is CC(=O)c1sc(NC(=O)CCc2nc(-c3ccc(F)cc3)no2)nc1-c1ccccc1. The second kappa shape index (κ2) is 8.97. The number of amides is 1. The standard InChI is InChI=1S/C22H17FN4O3S/c1-13(28)20-19(14-5-3-2-4-6-14)26-22(31-20)24-17(29)11-12-18-25-21(27-30-18)15-7-9-16(23)10-8-15/h2-10H,11-12H2,1H3,(H,24,26,29). The van der Waals surface area contributed by atoms with Crippen LogP contribution >= 0.6 is 11.3 Å². The van der Waals surface area contributed by atoms with Gasteiger partial charge in [-0.2, -0.15) is 4.98 Å². The summed E-state index contributed by atoms with van der Waals surface area (Å²) in [5.74, 6) is -0.132. The van der Waals surface area contributed by atoms with Crippen molar-refractivity contribution in [3.63, 3.8) is 0 Å². The molecule has 156 valence electrons. The number of aryl methyl sites for hydroxylation is 1. The number of anilines is 1. The average molecular weight is 436 g/mol. The Hall–Kier alpha value is -3.72. The molecule has 0 bridgehead atoms. The smallest absolute Gasteiger partial charge is 0.227 e. The van der Waals surface area contributed by atoms with Crippen molar-refractivity contribution in [1.82, 2.24) is 15.1 Å². The summed E-state index contributed by atoms with van der Waals surface area (Å²) in [5.41, 5.74) is 1.98. The molecule has 2 heterocycles. The van der Waals surface area contributed by atoms with Crippen molar-refractivity contribution in [1.29, 1.82) is 0 Å². The van der Waals surface area contributed by atoms with Gasteiger partial charge < -0.3 is 9.84 Å². The van der Waals surface area contributed by atoms with E-state index in [4.69, 9.17) is 4.52 Å². The maximum atomic E-state index is 13.0. The number of rotatable bonds is 7. The van der Waals surface area contributed by atoms with Crippen molar-refractivity contribution in [2.45, 2.75) is 19.8 Å². The third-order valence-corrected chi connectivity index (χ3v) is 5.45. The number of hydrogen-bond donors (Lipinski definition) is 1. The molecule has 0 unspecified atom stereocenters. The van der Waals surface area contributed by atoms with Crippen molar-refractivity contribution in [2.24, 2.45) is 0 Å². The first-order valence-electron chi connectivity index (χ1n) is 9.45. The van der Waals surface area contributed by atoms with Gasteiger partial charge in [-0.1, -0.05) is 46.8 Å². The van der Waals surface area contributed by atoms with E-state index in [9.17, 15) is 14.0 Å². The monoisotopic (exact) mass is 436 g/mol. The zero-order valence-electron chi connectivity index (χ0n) is 16.5. The number of halogens is 1. The first-order valence-corrected chi connectivity index (χ1v) is 10.3.